The molecule has 3 nitrogen and oxygen atoms in total. The van der Waals surface area contributed by atoms with Crippen LogP contribution in [-0.4, -0.2) is 9.97 Å². The lowest BCUT2D eigenvalue weighted by Crippen LogP contribution is -2.33. The van der Waals surface area contributed by atoms with Crippen molar-refractivity contribution in [2.45, 2.75) is 128 Å². The molecule has 4 rings (SSSR count). The molecule has 0 aliphatic carbocycles. The van der Waals surface area contributed by atoms with Crippen molar-refractivity contribution < 1.29 is 9.13 Å². The van der Waals surface area contributed by atoms with Gasteiger partial charge in [-0.3, -0.25) is 0 Å². The molecule has 2 atom stereocenters. The Morgan fingerprint density at radius 1 is 0.700 bits per heavy atom. The van der Waals surface area contributed by atoms with Gasteiger partial charge >= 0.3 is 0 Å². The summed E-state index contributed by atoms with van der Waals surface area (Å²) in [5.41, 5.74) is 2.71. The summed E-state index contributed by atoms with van der Waals surface area (Å²) in [6.07, 6.45) is 22.0. The Hall–Kier alpha value is -2.75. The summed E-state index contributed by atoms with van der Waals surface area (Å²) < 4.78 is 22.5. The van der Waals surface area contributed by atoms with Crippen LogP contribution in [0, 0.1) is 0 Å². The lowest BCUT2D eigenvalue weighted by molar-refractivity contribution is 0.00277. The van der Waals surface area contributed by atoms with E-state index < -0.39 is 11.8 Å². The number of benzene rings is 2. The van der Waals surface area contributed by atoms with Crippen molar-refractivity contribution in [2.24, 2.45) is 0 Å². The first-order valence-corrected chi connectivity index (χ1v) is 16.0. The second-order valence-electron chi connectivity index (χ2n) is 11.6. The van der Waals surface area contributed by atoms with Gasteiger partial charge in [0.05, 0.1) is 0 Å². The normalized spacial score (nSPS) is 18.0. The van der Waals surface area contributed by atoms with Crippen molar-refractivity contribution in [1.82, 2.24) is 9.97 Å². The molecule has 0 spiro atoms. The predicted octanol–water partition coefficient (Wildman–Crippen LogP) is 10.9. The fraction of sp³-hybridized carbons (Fsp3) is 0.556. The number of alkyl halides is 1. The molecule has 0 radical (unpaired) electrons. The van der Waals surface area contributed by atoms with Gasteiger partial charge in [-0.1, -0.05) is 133 Å². The number of para-hydroxylation sites is 1. The zero-order valence-electron chi connectivity index (χ0n) is 24.8. The molecule has 0 fully saturated rings. The van der Waals surface area contributed by atoms with Crippen LogP contribution in [0.15, 0.2) is 60.9 Å². The van der Waals surface area contributed by atoms with Gasteiger partial charge in [-0.05, 0) is 42.9 Å². The predicted molar refractivity (Wildman–Crippen MR) is 164 cm³/mol. The van der Waals surface area contributed by atoms with Crippen molar-refractivity contribution in [3.05, 3.63) is 77.6 Å². The van der Waals surface area contributed by atoms with Gasteiger partial charge in [0.25, 0.3) is 0 Å². The summed E-state index contributed by atoms with van der Waals surface area (Å²) in [5.74, 6) is 1.38. The van der Waals surface area contributed by atoms with Crippen molar-refractivity contribution in [3.8, 4) is 17.1 Å². The Morgan fingerprint density at radius 3 is 1.90 bits per heavy atom. The SMILES string of the molecule is CCCCCCCCCCc1cnc(-c2ccc(C3(CCCCCCCC)Oc4ccccc4C3F)cc2)nc1. The highest BCUT2D eigenvalue weighted by Crippen LogP contribution is 2.53. The van der Waals surface area contributed by atoms with Crippen molar-refractivity contribution in [1.29, 1.82) is 0 Å². The number of fused-ring (bicyclic) bond motifs is 1. The summed E-state index contributed by atoms with van der Waals surface area (Å²) in [6, 6.07) is 15.6. The van der Waals surface area contributed by atoms with E-state index in [1.54, 1.807) is 0 Å². The molecule has 1 aliphatic rings. The minimum atomic E-state index is -1.18. The number of halogens is 1. The van der Waals surface area contributed by atoms with Gasteiger partial charge in [-0.25, -0.2) is 14.4 Å². The number of aryl methyl sites for hydroxylation is 1. The van der Waals surface area contributed by atoms with E-state index in [1.165, 1.54) is 82.6 Å². The lowest BCUT2D eigenvalue weighted by atomic mass is 9.82. The summed E-state index contributed by atoms with van der Waals surface area (Å²) in [5, 5.41) is 0. The highest BCUT2D eigenvalue weighted by molar-refractivity contribution is 5.56. The molecule has 216 valence electrons. The average molecular weight is 545 g/mol. The van der Waals surface area contributed by atoms with E-state index in [1.807, 2.05) is 60.9 Å². The molecule has 40 heavy (non-hydrogen) atoms. The molecule has 2 aromatic carbocycles. The second-order valence-corrected chi connectivity index (χ2v) is 11.6. The van der Waals surface area contributed by atoms with Crippen LogP contribution in [0.25, 0.3) is 11.4 Å². The second kappa shape index (κ2) is 15.9. The smallest absolute Gasteiger partial charge is 0.172 e. The molecule has 3 aromatic rings. The third kappa shape index (κ3) is 7.92. The number of hydrogen-bond acceptors (Lipinski definition) is 3. The van der Waals surface area contributed by atoms with Crippen LogP contribution in [0.2, 0.25) is 0 Å². The van der Waals surface area contributed by atoms with E-state index in [-0.39, 0.29) is 0 Å². The Labute approximate surface area is 242 Å². The quantitative estimate of drug-likeness (QED) is 0.149. The first kappa shape index (κ1) is 30.2. The number of unbranched alkanes of at least 4 members (excludes halogenated alkanes) is 12. The molecule has 0 bridgehead atoms. The van der Waals surface area contributed by atoms with Crippen LogP contribution >= 0.6 is 0 Å². The monoisotopic (exact) mass is 544 g/mol. The molecular formula is C36H49FN2O. The average Bonchev–Trinajstić information content (AvgIpc) is 3.29. The molecule has 0 amide bonds. The van der Waals surface area contributed by atoms with Gasteiger partial charge in [0.2, 0.25) is 0 Å². The molecule has 2 heterocycles. The van der Waals surface area contributed by atoms with Gasteiger partial charge < -0.3 is 4.74 Å². The lowest BCUT2D eigenvalue weighted by Gasteiger charge is -2.32. The summed E-state index contributed by atoms with van der Waals surface area (Å²) in [4.78, 5) is 9.32. The van der Waals surface area contributed by atoms with Crippen LogP contribution < -0.4 is 4.74 Å². The zero-order chi connectivity index (χ0) is 28.0. The maximum Gasteiger partial charge on any atom is 0.172 e. The van der Waals surface area contributed by atoms with Crippen molar-refractivity contribution in [2.75, 3.05) is 0 Å². The molecule has 0 saturated heterocycles. The highest BCUT2D eigenvalue weighted by Gasteiger charge is 2.50. The first-order chi connectivity index (χ1) is 19.7. The van der Waals surface area contributed by atoms with Gasteiger partial charge in [-0.2, -0.15) is 0 Å². The van der Waals surface area contributed by atoms with Crippen LogP contribution in [0.4, 0.5) is 4.39 Å². The molecule has 2 unspecified atom stereocenters. The van der Waals surface area contributed by atoms with Crippen LogP contribution in [-0.2, 0) is 12.0 Å². The topological polar surface area (TPSA) is 35.0 Å². The first-order valence-electron chi connectivity index (χ1n) is 16.0. The number of ether oxygens (including phenoxy) is 1. The maximum absolute atomic E-state index is 16.1. The van der Waals surface area contributed by atoms with E-state index in [2.05, 4.69) is 23.8 Å². The van der Waals surface area contributed by atoms with E-state index in [9.17, 15) is 0 Å². The Balaban J connectivity index is 1.36. The fourth-order valence-electron chi connectivity index (χ4n) is 5.97. The van der Waals surface area contributed by atoms with Crippen molar-refractivity contribution in [3.63, 3.8) is 0 Å². The standard InChI is InChI=1S/C36H49FN2O/c1-3-5-7-9-11-12-13-15-19-29-27-38-35(39-28-29)30-22-24-31(25-23-30)36(26-18-14-10-8-6-4-2)34(37)32-20-16-17-21-33(32)40-36/h16-17,20-25,27-28,34H,3-15,18-19,26H2,1-2H3. The number of rotatable bonds is 18. The van der Waals surface area contributed by atoms with E-state index >= 15 is 4.39 Å². The van der Waals surface area contributed by atoms with Crippen LogP contribution in [0.3, 0.4) is 0 Å². The van der Waals surface area contributed by atoms with Crippen LogP contribution in [0.1, 0.15) is 133 Å². The summed E-state index contributed by atoms with van der Waals surface area (Å²) in [6.45, 7) is 4.49. The molecule has 1 aromatic heterocycles. The Bertz CT molecular complexity index is 1130. The molecule has 0 N–H and O–H groups in total. The van der Waals surface area contributed by atoms with Gasteiger partial charge in [-0.15, -0.1) is 0 Å². The third-order valence-corrected chi connectivity index (χ3v) is 8.45. The fourth-order valence-corrected chi connectivity index (χ4v) is 5.97. The van der Waals surface area contributed by atoms with E-state index in [0.29, 0.717) is 23.6 Å². The summed E-state index contributed by atoms with van der Waals surface area (Å²) in [7, 11) is 0. The Morgan fingerprint density at radius 2 is 1.27 bits per heavy atom. The summed E-state index contributed by atoms with van der Waals surface area (Å²) >= 11 is 0. The Kier molecular flexibility index (Phi) is 12.0. The van der Waals surface area contributed by atoms with Crippen molar-refractivity contribution >= 4 is 0 Å². The minimum Gasteiger partial charge on any atom is -0.479 e. The van der Waals surface area contributed by atoms with Gasteiger partial charge in [0.15, 0.2) is 17.6 Å². The van der Waals surface area contributed by atoms with Gasteiger partial charge in [0.1, 0.15) is 5.75 Å². The van der Waals surface area contributed by atoms with E-state index in [4.69, 9.17) is 4.74 Å². The molecule has 1 aliphatic heterocycles. The largest absolute Gasteiger partial charge is 0.479 e. The third-order valence-electron chi connectivity index (χ3n) is 8.45. The molecule has 4 heteroatoms. The van der Waals surface area contributed by atoms with E-state index in [0.717, 1.165) is 30.4 Å². The number of nitrogens with zero attached hydrogens (tertiary/aromatic N) is 2. The zero-order valence-corrected chi connectivity index (χ0v) is 24.8. The number of aromatic nitrogens is 2. The van der Waals surface area contributed by atoms with Gasteiger partial charge in [0, 0.05) is 23.5 Å². The number of hydrogen-bond donors (Lipinski definition) is 0. The van der Waals surface area contributed by atoms with Crippen LogP contribution in [0.5, 0.6) is 5.75 Å². The minimum absolute atomic E-state index is 0.660. The molecule has 0 saturated carbocycles. The maximum atomic E-state index is 16.1. The molecular weight excluding hydrogens is 495 g/mol. The highest BCUT2D eigenvalue weighted by atomic mass is 19.1.